The summed E-state index contributed by atoms with van der Waals surface area (Å²) in [6.07, 6.45) is 3.16. The summed E-state index contributed by atoms with van der Waals surface area (Å²) in [6, 6.07) is 14.4. The van der Waals surface area contributed by atoms with Gasteiger partial charge in [-0.1, -0.05) is 44.2 Å². The van der Waals surface area contributed by atoms with Crippen molar-refractivity contribution in [1.29, 1.82) is 0 Å². The smallest absolute Gasteiger partial charge is 0.337 e. The lowest BCUT2D eigenvalue weighted by atomic mass is 9.82. The highest BCUT2D eigenvalue weighted by Crippen LogP contribution is 2.46. The number of carboxylic acids is 1. The SMILES string of the molecule is Cc1nc(N)c(-c2ccc3c(c2)CCN(c2ncnc4c2oc2ccccc24)C3)c(N2CCC(C)(C)CC2)c1C(OC(C)(C)C)C(=O)O. The standard InChI is InChI=1S/C38H44N6O4/c1-22-28(32(36(45)46)48-37(2,3)4)31(43-17-14-38(5,6)15-18-43)29(34(39)42-22)24-11-12-25-20-44(16-13-23(25)19-24)35-33-30(40-21-41-35)26-9-7-8-10-27(26)47-33/h7-12,19,21,32H,13-18,20H2,1-6H3,(H2,39,42)(H,45,46). The molecule has 250 valence electrons. The number of hydrogen-bond acceptors (Lipinski definition) is 9. The van der Waals surface area contributed by atoms with Gasteiger partial charge in [0.15, 0.2) is 17.5 Å². The minimum Gasteiger partial charge on any atom is -0.479 e. The molecule has 0 radical (unpaired) electrons. The number of furan rings is 1. The summed E-state index contributed by atoms with van der Waals surface area (Å²) in [5.41, 5.74) is 14.7. The normalized spacial score (nSPS) is 17.1. The number of hydrogen-bond donors (Lipinski definition) is 2. The predicted molar refractivity (Wildman–Crippen MR) is 189 cm³/mol. The quantitative estimate of drug-likeness (QED) is 0.191. The van der Waals surface area contributed by atoms with Crippen LogP contribution in [0.3, 0.4) is 0 Å². The number of fused-ring (bicyclic) bond motifs is 4. The van der Waals surface area contributed by atoms with Crippen molar-refractivity contribution < 1.29 is 19.1 Å². The fraction of sp³-hybridized carbons (Fsp3) is 0.421. The molecule has 2 aliphatic heterocycles. The highest BCUT2D eigenvalue weighted by atomic mass is 16.5. The first-order chi connectivity index (χ1) is 22.8. The summed E-state index contributed by atoms with van der Waals surface area (Å²) in [7, 11) is 0. The molecule has 48 heavy (non-hydrogen) atoms. The van der Waals surface area contributed by atoms with Gasteiger partial charge in [-0.2, -0.15) is 0 Å². The first-order valence-electron chi connectivity index (χ1n) is 16.7. The molecule has 0 bridgehead atoms. The molecule has 7 rings (SSSR count). The minimum absolute atomic E-state index is 0.202. The van der Waals surface area contributed by atoms with Crippen LogP contribution in [-0.2, 0) is 22.5 Å². The third-order valence-corrected chi connectivity index (χ3v) is 9.76. The van der Waals surface area contributed by atoms with Gasteiger partial charge in [0.2, 0.25) is 0 Å². The number of carboxylic acid groups (broad SMARTS) is 1. The molecular weight excluding hydrogens is 604 g/mol. The predicted octanol–water partition coefficient (Wildman–Crippen LogP) is 7.46. The Morgan fingerprint density at radius 2 is 1.79 bits per heavy atom. The lowest BCUT2D eigenvalue weighted by molar-refractivity contribution is -0.160. The molecule has 1 atom stereocenters. The van der Waals surface area contributed by atoms with Crippen LogP contribution in [0.5, 0.6) is 0 Å². The Bertz CT molecular complexity index is 2040. The van der Waals surface area contributed by atoms with E-state index in [-0.39, 0.29) is 5.41 Å². The number of ether oxygens (including phenoxy) is 1. The average Bonchev–Trinajstić information content (AvgIpc) is 3.42. The number of anilines is 3. The molecule has 0 aliphatic carbocycles. The molecule has 0 amide bonds. The van der Waals surface area contributed by atoms with Gasteiger partial charge in [0.25, 0.3) is 0 Å². The van der Waals surface area contributed by atoms with Crippen molar-refractivity contribution in [2.24, 2.45) is 5.41 Å². The van der Waals surface area contributed by atoms with Crippen LogP contribution in [0, 0.1) is 12.3 Å². The summed E-state index contributed by atoms with van der Waals surface area (Å²) in [4.78, 5) is 31.3. The van der Waals surface area contributed by atoms with Crippen molar-refractivity contribution in [3.05, 3.63) is 71.2 Å². The molecule has 2 aromatic carbocycles. The minimum atomic E-state index is -1.20. The van der Waals surface area contributed by atoms with Gasteiger partial charge in [0.1, 0.15) is 23.2 Å². The highest BCUT2D eigenvalue weighted by Gasteiger charge is 2.37. The van der Waals surface area contributed by atoms with E-state index in [0.717, 1.165) is 78.0 Å². The Morgan fingerprint density at radius 1 is 1.04 bits per heavy atom. The Labute approximate surface area is 280 Å². The van der Waals surface area contributed by atoms with Crippen LogP contribution in [0.15, 0.2) is 53.2 Å². The zero-order valence-corrected chi connectivity index (χ0v) is 28.6. The van der Waals surface area contributed by atoms with Crippen LogP contribution in [0.2, 0.25) is 0 Å². The third kappa shape index (κ3) is 5.83. The first kappa shape index (κ1) is 31.9. The van der Waals surface area contributed by atoms with Crippen molar-refractivity contribution >= 4 is 45.4 Å². The number of pyridine rings is 1. The third-order valence-electron chi connectivity index (χ3n) is 9.76. The fourth-order valence-electron chi connectivity index (χ4n) is 7.20. The molecule has 3 N–H and O–H groups in total. The van der Waals surface area contributed by atoms with E-state index in [2.05, 4.69) is 51.8 Å². The summed E-state index contributed by atoms with van der Waals surface area (Å²) >= 11 is 0. The van der Waals surface area contributed by atoms with E-state index >= 15 is 0 Å². The molecule has 1 fully saturated rings. The maximum absolute atomic E-state index is 12.8. The van der Waals surface area contributed by atoms with E-state index in [0.29, 0.717) is 29.2 Å². The van der Waals surface area contributed by atoms with Crippen molar-refractivity contribution in [2.75, 3.05) is 35.2 Å². The van der Waals surface area contributed by atoms with Crippen LogP contribution < -0.4 is 15.5 Å². The summed E-state index contributed by atoms with van der Waals surface area (Å²) in [5, 5.41) is 11.5. The van der Waals surface area contributed by atoms with Gasteiger partial charge in [-0.3, -0.25) is 0 Å². The van der Waals surface area contributed by atoms with Gasteiger partial charge < -0.3 is 29.8 Å². The fourth-order valence-corrected chi connectivity index (χ4v) is 7.20. The van der Waals surface area contributed by atoms with Gasteiger partial charge in [-0.25, -0.2) is 19.7 Å². The number of aromatic nitrogens is 3. The monoisotopic (exact) mass is 648 g/mol. The lowest BCUT2D eigenvalue weighted by Gasteiger charge is -2.41. The number of nitrogens with zero attached hydrogens (tertiary/aromatic N) is 5. The van der Waals surface area contributed by atoms with Crippen molar-refractivity contribution in [3.63, 3.8) is 0 Å². The van der Waals surface area contributed by atoms with E-state index < -0.39 is 17.7 Å². The summed E-state index contributed by atoms with van der Waals surface area (Å²) in [6.45, 7) is 15.0. The molecular formula is C38H44N6O4. The first-order valence-corrected chi connectivity index (χ1v) is 16.7. The number of carbonyl (C=O) groups is 1. The molecule has 10 nitrogen and oxygen atoms in total. The second-order valence-electron chi connectivity index (χ2n) is 14.9. The van der Waals surface area contributed by atoms with E-state index in [1.165, 1.54) is 11.1 Å². The number of aliphatic carboxylic acids is 1. The molecule has 2 aliphatic rings. The van der Waals surface area contributed by atoms with Crippen LogP contribution in [0.25, 0.3) is 33.2 Å². The van der Waals surface area contributed by atoms with Gasteiger partial charge in [0.05, 0.1) is 11.3 Å². The zero-order chi connectivity index (χ0) is 34.0. The lowest BCUT2D eigenvalue weighted by Crippen LogP contribution is -2.39. The Morgan fingerprint density at radius 3 is 2.52 bits per heavy atom. The number of para-hydroxylation sites is 1. The van der Waals surface area contributed by atoms with E-state index in [1.54, 1.807) is 6.33 Å². The summed E-state index contributed by atoms with van der Waals surface area (Å²) < 4.78 is 12.5. The Balaban J connectivity index is 1.30. The second-order valence-corrected chi connectivity index (χ2v) is 14.9. The topological polar surface area (TPSA) is 131 Å². The zero-order valence-electron chi connectivity index (χ0n) is 28.6. The van der Waals surface area contributed by atoms with Gasteiger partial charge in [0, 0.05) is 48.4 Å². The van der Waals surface area contributed by atoms with Gasteiger partial charge in [-0.15, -0.1) is 0 Å². The summed E-state index contributed by atoms with van der Waals surface area (Å²) in [5.74, 6) is 0.135. The second kappa shape index (κ2) is 11.8. The van der Waals surface area contributed by atoms with Crippen molar-refractivity contribution in [2.45, 2.75) is 79.1 Å². The van der Waals surface area contributed by atoms with Crippen LogP contribution in [0.4, 0.5) is 17.3 Å². The van der Waals surface area contributed by atoms with Crippen molar-refractivity contribution in [1.82, 2.24) is 15.0 Å². The van der Waals surface area contributed by atoms with Gasteiger partial charge in [-0.05, 0) is 81.2 Å². The molecule has 3 aromatic heterocycles. The number of nitrogens with two attached hydrogens (primary N) is 1. The molecule has 5 aromatic rings. The number of rotatable bonds is 6. The van der Waals surface area contributed by atoms with Crippen LogP contribution in [-0.4, -0.2) is 51.3 Å². The Hall–Kier alpha value is -4.70. The molecule has 0 spiro atoms. The number of piperidine rings is 1. The maximum Gasteiger partial charge on any atom is 0.337 e. The largest absolute Gasteiger partial charge is 0.479 e. The van der Waals surface area contributed by atoms with Crippen LogP contribution in [0.1, 0.15) is 75.9 Å². The molecule has 5 heterocycles. The number of nitrogen functional groups attached to an aromatic ring is 1. The molecule has 10 heteroatoms. The number of benzene rings is 2. The highest BCUT2D eigenvalue weighted by molar-refractivity contribution is 6.05. The number of aryl methyl sites for hydroxylation is 1. The van der Waals surface area contributed by atoms with Crippen molar-refractivity contribution in [3.8, 4) is 11.1 Å². The van der Waals surface area contributed by atoms with Gasteiger partial charge >= 0.3 is 5.97 Å². The van der Waals surface area contributed by atoms with E-state index in [9.17, 15) is 9.90 Å². The van der Waals surface area contributed by atoms with E-state index in [4.69, 9.17) is 19.9 Å². The molecule has 1 unspecified atom stereocenters. The Kier molecular flexibility index (Phi) is 7.82. The molecule has 0 saturated carbocycles. The van der Waals surface area contributed by atoms with E-state index in [1.807, 2.05) is 52.0 Å². The average molecular weight is 649 g/mol. The van der Waals surface area contributed by atoms with Crippen LogP contribution >= 0.6 is 0 Å². The maximum atomic E-state index is 12.8. The molecule has 1 saturated heterocycles.